The van der Waals surface area contributed by atoms with Crippen LogP contribution in [0.1, 0.15) is 6.42 Å². The van der Waals surface area contributed by atoms with E-state index >= 15 is 0 Å². The van der Waals surface area contributed by atoms with E-state index in [1.165, 1.54) is 5.57 Å². The molecule has 0 amide bonds. The lowest BCUT2D eigenvalue weighted by Crippen LogP contribution is -2.11. The Kier molecular flexibility index (Phi) is 2.66. The van der Waals surface area contributed by atoms with E-state index in [1.54, 1.807) is 0 Å². The molecule has 2 heteroatoms. The van der Waals surface area contributed by atoms with Crippen LogP contribution in [0.5, 0.6) is 0 Å². The molecular weight excluding hydrogens is 176 g/mol. The van der Waals surface area contributed by atoms with E-state index in [0.717, 1.165) is 17.6 Å². The van der Waals surface area contributed by atoms with Crippen LogP contribution in [0.15, 0.2) is 47.1 Å². The Morgan fingerprint density at radius 1 is 1.21 bits per heavy atom. The Hall–Kier alpha value is -1.12. The third-order valence-electron chi connectivity index (χ3n) is 2.70. The van der Waals surface area contributed by atoms with Gasteiger partial charge in [0.1, 0.15) is 0 Å². The average molecular weight is 190 g/mol. The molecule has 2 nitrogen and oxygen atoms in total. The fourth-order valence-electron chi connectivity index (χ4n) is 1.86. The number of rotatable bonds is 2. The molecule has 0 saturated carbocycles. The van der Waals surface area contributed by atoms with Gasteiger partial charge in [0.05, 0.1) is 13.2 Å². The van der Waals surface area contributed by atoms with Gasteiger partial charge in [-0.3, -0.25) is 0 Å². The smallest absolute Gasteiger partial charge is 0.0681 e. The lowest BCUT2D eigenvalue weighted by Gasteiger charge is -2.23. The molecule has 0 aromatic heterocycles. The van der Waals surface area contributed by atoms with Gasteiger partial charge in [0.2, 0.25) is 0 Å². The van der Waals surface area contributed by atoms with Crippen molar-refractivity contribution in [3.63, 3.8) is 0 Å². The van der Waals surface area contributed by atoms with E-state index in [-0.39, 0.29) is 13.2 Å². The van der Waals surface area contributed by atoms with Crippen LogP contribution in [0.2, 0.25) is 0 Å². The highest BCUT2D eigenvalue weighted by molar-refractivity contribution is 5.44. The highest BCUT2D eigenvalue weighted by Crippen LogP contribution is 2.31. The van der Waals surface area contributed by atoms with Crippen LogP contribution in [0, 0.1) is 5.92 Å². The number of allylic oxidation sites excluding steroid dienone is 5. The van der Waals surface area contributed by atoms with E-state index in [1.807, 2.05) is 24.3 Å². The number of aliphatic hydroxyl groups is 2. The van der Waals surface area contributed by atoms with E-state index in [0.29, 0.717) is 5.92 Å². The molecule has 0 aromatic carbocycles. The summed E-state index contributed by atoms with van der Waals surface area (Å²) in [6, 6.07) is 0. The largest absolute Gasteiger partial charge is 0.392 e. The maximum Gasteiger partial charge on any atom is 0.0681 e. The Balaban J connectivity index is 2.24. The first kappa shape index (κ1) is 9.44. The molecule has 2 aliphatic carbocycles. The third-order valence-corrected chi connectivity index (χ3v) is 2.70. The minimum atomic E-state index is 0.0944. The Morgan fingerprint density at radius 3 is 2.79 bits per heavy atom. The van der Waals surface area contributed by atoms with Crippen molar-refractivity contribution in [3.05, 3.63) is 47.1 Å². The molecule has 0 unspecified atom stereocenters. The van der Waals surface area contributed by atoms with Gasteiger partial charge in [0, 0.05) is 5.92 Å². The van der Waals surface area contributed by atoms with Gasteiger partial charge in [0.15, 0.2) is 0 Å². The SMILES string of the molecule is OCC1=CC2=CC=C(CO)C[C@H]2C=C1. The zero-order valence-electron chi connectivity index (χ0n) is 7.98. The average Bonchev–Trinajstić information content (AvgIpc) is 2.27. The van der Waals surface area contributed by atoms with Crippen molar-refractivity contribution < 1.29 is 10.2 Å². The lowest BCUT2D eigenvalue weighted by molar-refractivity contribution is 0.323. The summed E-state index contributed by atoms with van der Waals surface area (Å²) in [6.45, 7) is 0.238. The molecule has 0 heterocycles. The van der Waals surface area contributed by atoms with Crippen LogP contribution in [-0.2, 0) is 0 Å². The van der Waals surface area contributed by atoms with Gasteiger partial charge in [-0.15, -0.1) is 0 Å². The van der Waals surface area contributed by atoms with Gasteiger partial charge in [-0.05, 0) is 23.1 Å². The molecule has 0 spiro atoms. The van der Waals surface area contributed by atoms with Gasteiger partial charge in [-0.1, -0.05) is 30.4 Å². The molecule has 2 aliphatic rings. The molecule has 0 bridgehead atoms. The van der Waals surface area contributed by atoms with Crippen molar-refractivity contribution in [1.82, 2.24) is 0 Å². The molecule has 2 N–H and O–H groups in total. The third kappa shape index (κ3) is 1.72. The molecule has 74 valence electrons. The van der Waals surface area contributed by atoms with Crippen LogP contribution in [0.4, 0.5) is 0 Å². The monoisotopic (exact) mass is 190 g/mol. The van der Waals surface area contributed by atoms with Crippen LogP contribution >= 0.6 is 0 Å². The standard InChI is InChI=1S/C12H14O2/c13-7-9-1-3-11-6-10(8-14)2-4-12(11)5-9/h1-5,11,13-14H,6-8H2/t11-/m1/s1. The van der Waals surface area contributed by atoms with Gasteiger partial charge in [0.25, 0.3) is 0 Å². The fraction of sp³-hybridized carbons (Fsp3) is 0.333. The number of hydrogen-bond acceptors (Lipinski definition) is 2. The minimum Gasteiger partial charge on any atom is -0.392 e. The maximum absolute atomic E-state index is 9.00. The first-order valence-electron chi connectivity index (χ1n) is 4.83. The minimum absolute atomic E-state index is 0.0944. The highest BCUT2D eigenvalue weighted by atomic mass is 16.3. The van der Waals surface area contributed by atoms with Gasteiger partial charge < -0.3 is 10.2 Å². The van der Waals surface area contributed by atoms with Crippen molar-refractivity contribution in [2.75, 3.05) is 13.2 Å². The maximum atomic E-state index is 9.00. The van der Waals surface area contributed by atoms with E-state index < -0.39 is 0 Å². The predicted octanol–water partition coefficient (Wildman–Crippen LogP) is 1.34. The summed E-state index contributed by atoms with van der Waals surface area (Å²) >= 11 is 0. The summed E-state index contributed by atoms with van der Waals surface area (Å²) in [7, 11) is 0. The quantitative estimate of drug-likeness (QED) is 0.690. The van der Waals surface area contributed by atoms with Crippen LogP contribution in [0.3, 0.4) is 0 Å². The van der Waals surface area contributed by atoms with E-state index in [4.69, 9.17) is 10.2 Å². The van der Waals surface area contributed by atoms with Crippen LogP contribution in [0.25, 0.3) is 0 Å². The van der Waals surface area contributed by atoms with Gasteiger partial charge >= 0.3 is 0 Å². The summed E-state index contributed by atoms with van der Waals surface area (Å²) < 4.78 is 0. The zero-order valence-corrected chi connectivity index (χ0v) is 7.98. The normalized spacial score (nSPS) is 25.0. The predicted molar refractivity (Wildman–Crippen MR) is 55.7 cm³/mol. The second-order valence-electron chi connectivity index (χ2n) is 3.70. The van der Waals surface area contributed by atoms with E-state index in [9.17, 15) is 0 Å². The first-order valence-corrected chi connectivity index (χ1v) is 4.83. The molecule has 0 aromatic rings. The van der Waals surface area contributed by atoms with Gasteiger partial charge in [-0.2, -0.15) is 0 Å². The molecule has 1 atom stereocenters. The van der Waals surface area contributed by atoms with Crippen molar-refractivity contribution in [3.8, 4) is 0 Å². The molecule has 0 radical (unpaired) electrons. The van der Waals surface area contributed by atoms with Crippen LogP contribution in [-0.4, -0.2) is 23.4 Å². The summed E-state index contributed by atoms with van der Waals surface area (Å²) in [4.78, 5) is 0. The molecule has 0 fully saturated rings. The number of fused-ring (bicyclic) bond motifs is 1. The van der Waals surface area contributed by atoms with Crippen LogP contribution < -0.4 is 0 Å². The molecule has 0 aliphatic heterocycles. The number of aliphatic hydroxyl groups excluding tert-OH is 2. The fourth-order valence-corrected chi connectivity index (χ4v) is 1.86. The molecule has 2 rings (SSSR count). The number of hydrogen-bond donors (Lipinski definition) is 2. The highest BCUT2D eigenvalue weighted by Gasteiger charge is 2.17. The summed E-state index contributed by atoms with van der Waals surface area (Å²) in [5.41, 5.74) is 3.26. The summed E-state index contributed by atoms with van der Waals surface area (Å²) in [5.74, 6) is 0.387. The Morgan fingerprint density at radius 2 is 2.07 bits per heavy atom. The Bertz CT molecular complexity index is 345. The van der Waals surface area contributed by atoms with Crippen molar-refractivity contribution >= 4 is 0 Å². The summed E-state index contributed by atoms with van der Waals surface area (Å²) in [6.07, 6.45) is 11.0. The summed E-state index contributed by atoms with van der Waals surface area (Å²) in [5, 5.41) is 18.0. The Labute approximate surface area is 83.6 Å². The van der Waals surface area contributed by atoms with Crippen molar-refractivity contribution in [1.29, 1.82) is 0 Å². The molecule has 14 heavy (non-hydrogen) atoms. The lowest BCUT2D eigenvalue weighted by atomic mass is 9.83. The van der Waals surface area contributed by atoms with E-state index in [2.05, 4.69) is 6.08 Å². The molecular formula is C12H14O2. The van der Waals surface area contributed by atoms with Crippen molar-refractivity contribution in [2.24, 2.45) is 5.92 Å². The second kappa shape index (κ2) is 3.95. The first-order chi connectivity index (χ1) is 6.83. The van der Waals surface area contributed by atoms with Gasteiger partial charge in [-0.25, -0.2) is 0 Å². The molecule has 0 saturated heterocycles. The zero-order chi connectivity index (χ0) is 9.97. The second-order valence-corrected chi connectivity index (χ2v) is 3.70. The topological polar surface area (TPSA) is 40.5 Å². The van der Waals surface area contributed by atoms with Crippen molar-refractivity contribution in [2.45, 2.75) is 6.42 Å².